The molecule has 3 N–H and O–H groups in total. The lowest BCUT2D eigenvalue weighted by molar-refractivity contribution is 0.176. The molecule has 2 aromatic rings. The first-order valence-electron chi connectivity index (χ1n) is 10.1. The van der Waals surface area contributed by atoms with Crippen molar-refractivity contribution in [3.63, 3.8) is 0 Å². The second-order valence-electron chi connectivity index (χ2n) is 7.76. The van der Waals surface area contributed by atoms with Crippen LogP contribution in [0.1, 0.15) is 38.5 Å². The largest absolute Gasteiger partial charge is 0.465 e. The monoisotopic (exact) mass is 384 g/mol. The van der Waals surface area contributed by atoms with E-state index in [4.69, 9.17) is 5.11 Å². The molecule has 1 unspecified atom stereocenters. The van der Waals surface area contributed by atoms with Crippen molar-refractivity contribution in [1.29, 1.82) is 0 Å². The van der Waals surface area contributed by atoms with Crippen LogP contribution in [0, 0.1) is 0 Å². The Morgan fingerprint density at radius 3 is 2.50 bits per heavy atom. The van der Waals surface area contributed by atoms with E-state index >= 15 is 0 Å². The quantitative estimate of drug-likeness (QED) is 0.733. The van der Waals surface area contributed by atoms with E-state index in [0.29, 0.717) is 6.04 Å². The molecule has 1 amide bonds. The van der Waals surface area contributed by atoms with Gasteiger partial charge in [-0.25, -0.2) is 14.5 Å². The van der Waals surface area contributed by atoms with Crippen LogP contribution in [0.25, 0.3) is 5.69 Å². The number of anilines is 1. The van der Waals surface area contributed by atoms with Crippen LogP contribution in [0.5, 0.6) is 0 Å². The third kappa shape index (κ3) is 4.44. The fourth-order valence-electron chi connectivity index (χ4n) is 4.47. The van der Waals surface area contributed by atoms with E-state index in [1.165, 1.54) is 12.0 Å². The lowest BCUT2D eigenvalue weighted by atomic mass is 9.89. The summed E-state index contributed by atoms with van der Waals surface area (Å²) in [6.07, 6.45) is 8.78. The van der Waals surface area contributed by atoms with E-state index in [1.807, 2.05) is 0 Å². The predicted octanol–water partition coefficient (Wildman–Crippen LogP) is 2.40. The minimum Gasteiger partial charge on any atom is -0.465 e. The van der Waals surface area contributed by atoms with E-state index < -0.39 is 6.09 Å². The van der Waals surface area contributed by atoms with Gasteiger partial charge in [-0.15, -0.1) is 0 Å². The van der Waals surface area contributed by atoms with Crippen LogP contribution in [0.2, 0.25) is 0 Å². The molecule has 1 saturated carbocycles. The van der Waals surface area contributed by atoms with Gasteiger partial charge in [-0.3, -0.25) is 0 Å². The summed E-state index contributed by atoms with van der Waals surface area (Å²) >= 11 is 0. The summed E-state index contributed by atoms with van der Waals surface area (Å²) < 4.78 is 1.75. The highest BCUT2D eigenvalue weighted by Gasteiger charge is 2.30. The van der Waals surface area contributed by atoms with Crippen LogP contribution < -0.4 is 15.5 Å². The standard InChI is InChI=1S/C20H28N6O2/c27-20(28)24-19-6-2-1-5-18(19)23-15-4-3-11-25(12-15)16-7-9-17(10-8-16)26-14-21-13-22-26/h7-10,13-15,18-19,23-24H,1-6,11-12H2,(H,27,28)/t15?,18-,19-/m1/s1. The molecule has 1 aromatic carbocycles. The van der Waals surface area contributed by atoms with Crippen molar-refractivity contribution in [2.75, 3.05) is 18.0 Å². The van der Waals surface area contributed by atoms with E-state index in [9.17, 15) is 4.79 Å². The molecule has 0 bridgehead atoms. The molecule has 1 aliphatic carbocycles. The van der Waals surface area contributed by atoms with E-state index in [2.05, 4.69) is 49.9 Å². The van der Waals surface area contributed by atoms with Crippen LogP contribution in [-0.2, 0) is 0 Å². The van der Waals surface area contributed by atoms with Crippen molar-refractivity contribution >= 4 is 11.8 Å². The minimum absolute atomic E-state index is 0.0172. The van der Waals surface area contributed by atoms with Crippen LogP contribution in [0.3, 0.4) is 0 Å². The van der Waals surface area contributed by atoms with Gasteiger partial charge in [0.2, 0.25) is 0 Å². The summed E-state index contributed by atoms with van der Waals surface area (Å²) in [6, 6.07) is 9.02. The molecule has 2 fully saturated rings. The number of piperidine rings is 1. The molecule has 28 heavy (non-hydrogen) atoms. The SMILES string of the molecule is O=C(O)N[C@@H]1CCCC[C@H]1NC1CCCN(c2ccc(-n3cncn3)cc2)C1. The lowest BCUT2D eigenvalue weighted by Gasteiger charge is -2.40. The van der Waals surface area contributed by atoms with Crippen molar-refractivity contribution < 1.29 is 9.90 Å². The van der Waals surface area contributed by atoms with Gasteiger partial charge in [0.05, 0.1) is 5.69 Å². The average Bonchev–Trinajstić information content (AvgIpc) is 3.24. The first kappa shape index (κ1) is 18.7. The molecule has 0 radical (unpaired) electrons. The second-order valence-corrected chi connectivity index (χ2v) is 7.76. The zero-order chi connectivity index (χ0) is 19.3. The molecule has 150 valence electrons. The number of nitrogens with zero attached hydrogens (tertiary/aromatic N) is 4. The van der Waals surface area contributed by atoms with Gasteiger partial charge in [0.25, 0.3) is 0 Å². The number of carboxylic acid groups (broad SMARTS) is 1. The van der Waals surface area contributed by atoms with Crippen LogP contribution in [0.4, 0.5) is 10.5 Å². The van der Waals surface area contributed by atoms with Crippen LogP contribution in [0.15, 0.2) is 36.9 Å². The van der Waals surface area contributed by atoms with Gasteiger partial charge in [-0.1, -0.05) is 12.8 Å². The van der Waals surface area contributed by atoms with Crippen molar-refractivity contribution in [1.82, 2.24) is 25.4 Å². The van der Waals surface area contributed by atoms with E-state index in [-0.39, 0.29) is 12.1 Å². The highest BCUT2D eigenvalue weighted by Crippen LogP contribution is 2.24. The zero-order valence-electron chi connectivity index (χ0n) is 16.0. The maximum absolute atomic E-state index is 11.1. The Hall–Kier alpha value is -2.61. The van der Waals surface area contributed by atoms with E-state index in [0.717, 1.165) is 57.3 Å². The molecule has 8 heteroatoms. The summed E-state index contributed by atoms with van der Waals surface area (Å²) in [5, 5.41) is 19.7. The Morgan fingerprint density at radius 2 is 1.79 bits per heavy atom. The fraction of sp³-hybridized carbons (Fsp3) is 0.550. The molecule has 8 nitrogen and oxygen atoms in total. The number of benzene rings is 1. The van der Waals surface area contributed by atoms with Crippen molar-refractivity contribution in [2.24, 2.45) is 0 Å². The van der Waals surface area contributed by atoms with Gasteiger partial charge in [0.1, 0.15) is 12.7 Å². The molecule has 1 aliphatic heterocycles. The Balaban J connectivity index is 1.38. The van der Waals surface area contributed by atoms with Gasteiger partial charge in [0.15, 0.2) is 0 Å². The van der Waals surface area contributed by atoms with Gasteiger partial charge in [-0.05, 0) is 49.9 Å². The Bertz CT molecular complexity index is 764. The Labute approximate surface area is 164 Å². The second kappa shape index (κ2) is 8.60. The number of rotatable bonds is 5. The summed E-state index contributed by atoms with van der Waals surface area (Å²) in [5.41, 5.74) is 2.21. The third-order valence-electron chi connectivity index (χ3n) is 5.84. The topological polar surface area (TPSA) is 95.3 Å². The number of nitrogens with one attached hydrogen (secondary N) is 2. The maximum Gasteiger partial charge on any atom is 0.404 e. The molecule has 2 aliphatic rings. The summed E-state index contributed by atoms with van der Waals surface area (Å²) in [7, 11) is 0. The molecule has 0 spiro atoms. The van der Waals surface area contributed by atoms with Gasteiger partial charge in [-0.2, -0.15) is 5.10 Å². The lowest BCUT2D eigenvalue weighted by Crippen LogP contribution is -2.57. The molecular formula is C20H28N6O2. The van der Waals surface area contributed by atoms with Crippen molar-refractivity contribution in [3.05, 3.63) is 36.9 Å². The first-order chi connectivity index (χ1) is 13.7. The zero-order valence-corrected chi connectivity index (χ0v) is 16.0. The maximum atomic E-state index is 11.1. The highest BCUT2D eigenvalue weighted by molar-refractivity contribution is 5.65. The fourth-order valence-corrected chi connectivity index (χ4v) is 4.47. The molecule has 1 saturated heterocycles. The predicted molar refractivity (Wildman–Crippen MR) is 107 cm³/mol. The Kier molecular flexibility index (Phi) is 5.76. The van der Waals surface area contributed by atoms with E-state index in [1.54, 1.807) is 11.0 Å². The summed E-state index contributed by atoms with van der Waals surface area (Å²) in [5.74, 6) is 0. The number of hydrogen-bond acceptors (Lipinski definition) is 5. The van der Waals surface area contributed by atoms with Crippen molar-refractivity contribution in [3.8, 4) is 5.69 Å². The number of carbonyl (C=O) groups is 1. The van der Waals surface area contributed by atoms with Crippen LogP contribution >= 0.6 is 0 Å². The smallest absolute Gasteiger partial charge is 0.404 e. The molecular weight excluding hydrogens is 356 g/mol. The van der Waals surface area contributed by atoms with Crippen LogP contribution in [-0.4, -0.2) is 57.2 Å². The minimum atomic E-state index is -0.920. The highest BCUT2D eigenvalue weighted by atomic mass is 16.4. The summed E-state index contributed by atoms with van der Waals surface area (Å²) in [4.78, 5) is 17.5. The van der Waals surface area contributed by atoms with Gasteiger partial charge >= 0.3 is 6.09 Å². The third-order valence-corrected chi connectivity index (χ3v) is 5.84. The first-order valence-corrected chi connectivity index (χ1v) is 10.1. The molecule has 4 rings (SSSR count). The number of aromatic nitrogens is 3. The molecule has 3 atom stereocenters. The average molecular weight is 384 g/mol. The van der Waals surface area contributed by atoms with Crippen molar-refractivity contribution in [2.45, 2.75) is 56.7 Å². The molecule has 1 aromatic heterocycles. The number of amides is 1. The van der Waals surface area contributed by atoms with Gasteiger partial charge in [0, 0.05) is 36.9 Å². The Morgan fingerprint density at radius 1 is 1.04 bits per heavy atom. The molecule has 2 heterocycles. The summed E-state index contributed by atoms with van der Waals surface area (Å²) in [6.45, 7) is 1.99. The number of hydrogen-bond donors (Lipinski definition) is 3. The normalized spacial score (nSPS) is 25.4. The van der Waals surface area contributed by atoms with Gasteiger partial charge < -0.3 is 20.6 Å².